The predicted molar refractivity (Wildman–Crippen MR) is 94.1 cm³/mol. The Bertz CT molecular complexity index is 912. The van der Waals surface area contributed by atoms with Crippen molar-refractivity contribution in [2.75, 3.05) is 0 Å². The van der Waals surface area contributed by atoms with Crippen LogP contribution in [0, 0.1) is 12.8 Å². The molecule has 2 atom stereocenters. The minimum atomic E-state index is -0.777. The zero-order valence-electron chi connectivity index (χ0n) is 14.2. The molecule has 0 spiro atoms. The van der Waals surface area contributed by atoms with Crippen molar-refractivity contribution in [1.82, 2.24) is 4.57 Å². The van der Waals surface area contributed by atoms with Gasteiger partial charge in [-0.3, -0.25) is 4.79 Å². The van der Waals surface area contributed by atoms with E-state index in [1.165, 1.54) is 11.1 Å². The summed E-state index contributed by atoms with van der Waals surface area (Å²) in [6.45, 7) is 3.44. The molecule has 1 N–H and O–H groups in total. The lowest BCUT2D eigenvalue weighted by Gasteiger charge is -2.16. The third kappa shape index (κ3) is 2.89. The van der Waals surface area contributed by atoms with Gasteiger partial charge in [-0.15, -0.1) is 0 Å². The number of Topliss-reactive ketones (excluding diaryl/α,β-unsaturated/α-hetero) is 1. The van der Waals surface area contributed by atoms with Crippen LogP contribution in [-0.2, 0) is 13.1 Å². The molecule has 0 unspecified atom stereocenters. The molecule has 3 aromatic rings. The second-order valence-electron chi connectivity index (χ2n) is 6.69. The molecule has 4 nitrogen and oxygen atoms in total. The summed E-state index contributed by atoms with van der Waals surface area (Å²) in [6.07, 6.45) is 5.04. The summed E-state index contributed by atoms with van der Waals surface area (Å²) in [5.74, 6) is -0.377. The second-order valence-corrected chi connectivity index (χ2v) is 6.69. The molecule has 0 fully saturated rings. The quantitative estimate of drug-likeness (QED) is 0.746. The summed E-state index contributed by atoms with van der Waals surface area (Å²) in [5.41, 5.74) is 4.00. The number of aliphatic hydroxyl groups is 1. The molecule has 0 saturated heterocycles. The largest absolute Gasteiger partial charge is 0.388 e. The number of hydrogen-bond donors (Lipinski definition) is 1. The highest BCUT2D eigenvalue weighted by molar-refractivity contribution is 5.98. The summed E-state index contributed by atoms with van der Waals surface area (Å²) in [7, 11) is 0. The topological polar surface area (TPSA) is 46.1 Å². The first-order valence-electron chi connectivity index (χ1n) is 8.54. The molecule has 4 heteroatoms. The molecule has 4 rings (SSSR count). The second kappa shape index (κ2) is 6.30. The molecular formula is C21H21N2O2+. The van der Waals surface area contributed by atoms with Crippen molar-refractivity contribution >= 4 is 5.78 Å². The van der Waals surface area contributed by atoms with Crippen LogP contribution in [0.5, 0.6) is 0 Å². The van der Waals surface area contributed by atoms with Crippen LogP contribution in [0.25, 0.3) is 0 Å². The Morgan fingerprint density at radius 2 is 1.92 bits per heavy atom. The number of aryl methyl sites for hydroxylation is 1. The summed E-state index contributed by atoms with van der Waals surface area (Å²) < 4.78 is 4.00. The number of ketones is 1. The Labute approximate surface area is 147 Å². The van der Waals surface area contributed by atoms with Crippen molar-refractivity contribution in [2.45, 2.75) is 26.1 Å². The van der Waals surface area contributed by atoms with Crippen molar-refractivity contribution in [2.24, 2.45) is 5.92 Å². The lowest BCUT2D eigenvalue weighted by atomic mass is 9.93. The fourth-order valence-electron chi connectivity index (χ4n) is 3.51. The highest BCUT2D eigenvalue weighted by Crippen LogP contribution is 2.31. The molecule has 1 aromatic carbocycles. The van der Waals surface area contributed by atoms with E-state index in [-0.39, 0.29) is 5.78 Å². The van der Waals surface area contributed by atoms with Gasteiger partial charge in [0.2, 0.25) is 0 Å². The number of nitrogens with zero attached hydrogens (tertiary/aromatic N) is 2. The summed E-state index contributed by atoms with van der Waals surface area (Å²) in [5, 5.41) is 10.7. The summed E-state index contributed by atoms with van der Waals surface area (Å²) >= 11 is 0. The van der Waals surface area contributed by atoms with Crippen LogP contribution in [0.1, 0.15) is 33.3 Å². The van der Waals surface area contributed by atoms with Crippen molar-refractivity contribution in [3.8, 4) is 0 Å². The molecule has 1 aliphatic heterocycles. The Kier molecular flexibility index (Phi) is 3.98. The van der Waals surface area contributed by atoms with E-state index in [9.17, 15) is 9.90 Å². The van der Waals surface area contributed by atoms with Gasteiger partial charge in [0.05, 0.1) is 17.7 Å². The predicted octanol–water partition coefficient (Wildman–Crippen LogP) is 2.68. The highest BCUT2D eigenvalue weighted by atomic mass is 16.3. The number of hydrogen-bond acceptors (Lipinski definition) is 2. The molecule has 3 heterocycles. The SMILES string of the molecule is Cc1ccccc1C[n+]1ccc([C@@H](O)[C@H]2Cn3cccc3C2=O)cc1. The third-order valence-corrected chi connectivity index (χ3v) is 5.07. The van der Waals surface area contributed by atoms with Gasteiger partial charge in [0.15, 0.2) is 24.7 Å². The Morgan fingerprint density at radius 1 is 1.16 bits per heavy atom. The molecule has 126 valence electrons. The molecule has 0 radical (unpaired) electrons. The van der Waals surface area contributed by atoms with Gasteiger partial charge in [-0.05, 0) is 30.2 Å². The minimum absolute atomic E-state index is 0.0224. The van der Waals surface area contributed by atoms with Crippen LogP contribution >= 0.6 is 0 Å². The van der Waals surface area contributed by atoms with Crippen LogP contribution < -0.4 is 4.57 Å². The molecule has 0 amide bonds. The average Bonchev–Trinajstić information content (AvgIpc) is 3.20. The van der Waals surface area contributed by atoms with Gasteiger partial charge in [-0.25, -0.2) is 4.57 Å². The van der Waals surface area contributed by atoms with Crippen LogP contribution in [0.4, 0.5) is 0 Å². The van der Waals surface area contributed by atoms with Gasteiger partial charge in [-0.2, -0.15) is 0 Å². The fourth-order valence-corrected chi connectivity index (χ4v) is 3.51. The van der Waals surface area contributed by atoms with E-state index in [0.29, 0.717) is 12.2 Å². The van der Waals surface area contributed by atoms with E-state index in [1.54, 1.807) is 0 Å². The zero-order valence-corrected chi connectivity index (χ0v) is 14.2. The number of pyridine rings is 1. The maximum Gasteiger partial charge on any atom is 0.187 e. The summed E-state index contributed by atoms with van der Waals surface area (Å²) in [6, 6.07) is 15.8. The van der Waals surface area contributed by atoms with Gasteiger partial charge < -0.3 is 9.67 Å². The fraction of sp³-hybridized carbons (Fsp3) is 0.238. The molecule has 1 aliphatic rings. The number of aromatic nitrogens is 2. The van der Waals surface area contributed by atoms with Gasteiger partial charge in [0, 0.05) is 30.4 Å². The van der Waals surface area contributed by atoms with E-state index in [4.69, 9.17) is 0 Å². The first-order valence-corrected chi connectivity index (χ1v) is 8.54. The average molecular weight is 333 g/mol. The lowest BCUT2D eigenvalue weighted by Crippen LogP contribution is -2.34. The Hall–Kier alpha value is -2.72. The Balaban J connectivity index is 1.50. The monoisotopic (exact) mass is 333 g/mol. The maximum absolute atomic E-state index is 12.4. The normalized spacial score (nSPS) is 17.5. The maximum atomic E-state index is 12.4. The van der Waals surface area contributed by atoms with E-state index in [1.807, 2.05) is 59.6 Å². The van der Waals surface area contributed by atoms with E-state index >= 15 is 0 Å². The van der Waals surface area contributed by atoms with Crippen LogP contribution in [0.3, 0.4) is 0 Å². The van der Waals surface area contributed by atoms with Crippen LogP contribution in [0.2, 0.25) is 0 Å². The number of fused-ring (bicyclic) bond motifs is 1. The first-order chi connectivity index (χ1) is 12.1. The minimum Gasteiger partial charge on any atom is -0.388 e. The van der Waals surface area contributed by atoms with E-state index < -0.39 is 12.0 Å². The smallest absolute Gasteiger partial charge is 0.187 e. The number of rotatable bonds is 4. The lowest BCUT2D eigenvalue weighted by molar-refractivity contribution is -0.688. The molecule has 0 bridgehead atoms. The standard InChI is InChI=1S/C21H21N2O2/c1-15-5-2-3-6-17(15)13-22-11-8-16(9-12-22)20(24)18-14-23-10-4-7-19(23)21(18)25/h2-12,18,20,24H,13-14H2,1H3/q+1/t18-,20-/m1/s1. The van der Waals surface area contributed by atoms with Crippen molar-refractivity contribution in [3.05, 3.63) is 89.5 Å². The Morgan fingerprint density at radius 3 is 2.64 bits per heavy atom. The van der Waals surface area contributed by atoms with Crippen LogP contribution in [0.15, 0.2) is 67.1 Å². The molecule has 0 saturated carbocycles. The number of carbonyl (C=O) groups excluding carboxylic acids is 1. The molecular weight excluding hydrogens is 312 g/mol. The van der Waals surface area contributed by atoms with Crippen molar-refractivity contribution in [1.29, 1.82) is 0 Å². The van der Waals surface area contributed by atoms with E-state index in [0.717, 1.165) is 12.1 Å². The summed E-state index contributed by atoms with van der Waals surface area (Å²) in [4.78, 5) is 12.4. The highest BCUT2D eigenvalue weighted by Gasteiger charge is 2.36. The van der Waals surface area contributed by atoms with Crippen molar-refractivity contribution < 1.29 is 14.5 Å². The number of benzene rings is 1. The molecule has 25 heavy (non-hydrogen) atoms. The number of carbonyl (C=O) groups is 1. The first kappa shape index (κ1) is 15.8. The number of aliphatic hydroxyl groups excluding tert-OH is 1. The van der Waals surface area contributed by atoms with Crippen molar-refractivity contribution in [3.63, 3.8) is 0 Å². The van der Waals surface area contributed by atoms with Gasteiger partial charge in [-0.1, -0.05) is 24.3 Å². The zero-order chi connectivity index (χ0) is 17.4. The van der Waals surface area contributed by atoms with Gasteiger partial charge in [0.1, 0.15) is 0 Å². The van der Waals surface area contributed by atoms with Gasteiger partial charge in [0.25, 0.3) is 0 Å². The molecule has 0 aliphatic carbocycles. The van der Waals surface area contributed by atoms with Gasteiger partial charge >= 0.3 is 0 Å². The van der Waals surface area contributed by atoms with Crippen LogP contribution in [-0.4, -0.2) is 15.5 Å². The van der Waals surface area contributed by atoms with E-state index in [2.05, 4.69) is 23.6 Å². The third-order valence-electron chi connectivity index (χ3n) is 5.07. The molecule has 2 aromatic heterocycles.